The Balaban J connectivity index is 2.02. The van der Waals surface area contributed by atoms with Gasteiger partial charge in [0.25, 0.3) is 5.91 Å². The highest BCUT2D eigenvalue weighted by Crippen LogP contribution is 2.21. The Morgan fingerprint density at radius 1 is 1.10 bits per heavy atom. The van der Waals surface area contributed by atoms with E-state index >= 15 is 0 Å². The molecule has 104 valence electrons. The van der Waals surface area contributed by atoms with Gasteiger partial charge < -0.3 is 5.32 Å². The molecule has 5 heteroatoms. The molecule has 2 aromatic carbocycles. The van der Waals surface area contributed by atoms with Crippen molar-refractivity contribution in [2.75, 3.05) is 0 Å². The summed E-state index contributed by atoms with van der Waals surface area (Å²) in [5.74, 6) is -0.149. The van der Waals surface area contributed by atoms with Crippen LogP contribution in [0.3, 0.4) is 0 Å². The number of nitrogens with one attached hydrogen (secondary N) is 1. The number of hydrogen-bond donors (Lipinski definition) is 1. The van der Waals surface area contributed by atoms with E-state index in [0.717, 1.165) is 15.4 Å². The number of benzene rings is 2. The third-order valence-electron chi connectivity index (χ3n) is 2.80. The molecule has 0 aromatic heterocycles. The quantitative estimate of drug-likeness (QED) is 0.703. The van der Waals surface area contributed by atoms with Gasteiger partial charge in [-0.1, -0.05) is 51.8 Å². The molecular weight excluding hydrogens is 405 g/mol. The summed E-state index contributed by atoms with van der Waals surface area (Å²) in [6, 6.07) is 13.2. The van der Waals surface area contributed by atoms with Gasteiger partial charge in [0, 0.05) is 21.4 Å². The van der Waals surface area contributed by atoms with Gasteiger partial charge in [0.15, 0.2) is 0 Å². The van der Waals surface area contributed by atoms with E-state index in [9.17, 15) is 4.79 Å². The van der Waals surface area contributed by atoms with E-state index in [1.165, 1.54) is 5.56 Å². The molecule has 0 radical (unpaired) electrons. The third-order valence-corrected chi connectivity index (χ3v) is 4.38. The smallest absolute Gasteiger partial charge is 0.252 e. The van der Waals surface area contributed by atoms with Crippen LogP contribution in [0, 0.1) is 0 Å². The van der Waals surface area contributed by atoms with Crippen molar-refractivity contribution in [3.05, 3.63) is 68.7 Å². The first-order valence-electron chi connectivity index (χ1n) is 5.97. The van der Waals surface area contributed by atoms with Crippen molar-refractivity contribution in [1.29, 1.82) is 0 Å². The molecule has 1 N–H and O–H groups in total. The molecule has 0 fully saturated rings. The van der Waals surface area contributed by atoms with Gasteiger partial charge in [0.2, 0.25) is 0 Å². The van der Waals surface area contributed by atoms with Crippen molar-refractivity contribution in [1.82, 2.24) is 5.32 Å². The fraction of sp³-hybridized carbons (Fsp3) is 0.133. The summed E-state index contributed by atoms with van der Waals surface area (Å²) in [5.41, 5.74) is 2.80. The van der Waals surface area contributed by atoms with E-state index in [0.29, 0.717) is 17.1 Å². The number of carbonyl (C=O) groups excluding carboxylic acids is 1. The average molecular weight is 418 g/mol. The maximum Gasteiger partial charge on any atom is 0.252 e. The minimum atomic E-state index is -0.149. The molecule has 0 unspecified atom stereocenters. The zero-order valence-electron chi connectivity index (χ0n) is 10.5. The van der Waals surface area contributed by atoms with Crippen LogP contribution in [0.1, 0.15) is 21.5 Å². The first kappa shape index (κ1) is 15.5. The molecule has 0 spiro atoms. The van der Waals surface area contributed by atoms with Gasteiger partial charge in [0.05, 0.1) is 5.56 Å². The summed E-state index contributed by atoms with van der Waals surface area (Å²) in [6.07, 6.45) is 0. The second-order valence-corrected chi connectivity index (χ2v) is 6.11. The first-order chi connectivity index (χ1) is 9.60. The van der Waals surface area contributed by atoms with Gasteiger partial charge in [-0.2, -0.15) is 0 Å². The molecule has 0 heterocycles. The summed E-state index contributed by atoms with van der Waals surface area (Å²) in [4.78, 5) is 12.1. The zero-order valence-corrected chi connectivity index (χ0v) is 14.4. The predicted octanol–water partition coefficient (Wildman–Crippen LogP) is 4.93. The maximum absolute atomic E-state index is 12.1. The molecule has 2 nitrogen and oxygen atoms in total. The number of hydrogen-bond acceptors (Lipinski definition) is 1. The van der Waals surface area contributed by atoms with Crippen LogP contribution in [-0.2, 0) is 11.9 Å². The Labute approximate surface area is 139 Å². The summed E-state index contributed by atoms with van der Waals surface area (Å²) >= 11 is 12.7. The predicted molar refractivity (Wildman–Crippen MR) is 89.4 cm³/mol. The van der Waals surface area contributed by atoms with E-state index in [-0.39, 0.29) is 5.91 Å². The minimum Gasteiger partial charge on any atom is -0.348 e. The van der Waals surface area contributed by atoms with Gasteiger partial charge in [-0.05, 0) is 45.3 Å². The monoisotopic (exact) mass is 415 g/mol. The summed E-state index contributed by atoms with van der Waals surface area (Å²) in [5, 5.41) is 4.25. The fourth-order valence-corrected chi connectivity index (χ4v) is 2.67. The molecule has 0 aliphatic carbocycles. The lowest BCUT2D eigenvalue weighted by molar-refractivity contribution is 0.0950. The third kappa shape index (κ3) is 4.08. The topological polar surface area (TPSA) is 29.1 Å². The van der Waals surface area contributed by atoms with Crippen LogP contribution in [0.15, 0.2) is 46.9 Å². The molecule has 0 atom stereocenters. The standard InChI is InChI=1S/C15H12Br2ClNO/c16-8-10-1-3-11(4-2-10)9-19-15(20)13-7-12(18)5-6-14(13)17/h1-7H,8-9H2,(H,19,20). The summed E-state index contributed by atoms with van der Waals surface area (Å²) in [7, 11) is 0. The SMILES string of the molecule is O=C(NCc1ccc(CBr)cc1)c1cc(Cl)ccc1Br. The first-order valence-corrected chi connectivity index (χ1v) is 8.26. The molecule has 0 saturated carbocycles. The Morgan fingerprint density at radius 3 is 2.40 bits per heavy atom. The highest BCUT2D eigenvalue weighted by molar-refractivity contribution is 9.10. The van der Waals surface area contributed by atoms with E-state index in [1.807, 2.05) is 24.3 Å². The van der Waals surface area contributed by atoms with Crippen molar-refractivity contribution < 1.29 is 4.79 Å². The molecule has 2 aromatic rings. The van der Waals surface area contributed by atoms with Crippen LogP contribution in [0.2, 0.25) is 5.02 Å². The van der Waals surface area contributed by atoms with Crippen LogP contribution in [-0.4, -0.2) is 5.91 Å². The van der Waals surface area contributed by atoms with Gasteiger partial charge in [-0.15, -0.1) is 0 Å². The molecular formula is C15H12Br2ClNO. The van der Waals surface area contributed by atoms with Crippen molar-refractivity contribution >= 4 is 49.4 Å². The molecule has 2 rings (SSSR count). The van der Waals surface area contributed by atoms with Crippen molar-refractivity contribution in [2.45, 2.75) is 11.9 Å². The van der Waals surface area contributed by atoms with E-state index in [1.54, 1.807) is 18.2 Å². The highest BCUT2D eigenvalue weighted by Gasteiger charge is 2.10. The number of amides is 1. The molecule has 0 saturated heterocycles. The van der Waals surface area contributed by atoms with Crippen molar-refractivity contribution in [3.63, 3.8) is 0 Å². The Bertz CT molecular complexity index is 614. The lowest BCUT2D eigenvalue weighted by atomic mass is 10.1. The largest absolute Gasteiger partial charge is 0.348 e. The normalized spacial score (nSPS) is 10.3. The van der Waals surface area contributed by atoms with Crippen LogP contribution in [0.5, 0.6) is 0 Å². The minimum absolute atomic E-state index is 0.149. The summed E-state index contributed by atoms with van der Waals surface area (Å²) in [6.45, 7) is 0.486. The van der Waals surface area contributed by atoms with Crippen molar-refractivity contribution in [3.8, 4) is 0 Å². The van der Waals surface area contributed by atoms with Crippen LogP contribution >= 0.6 is 43.5 Å². The second kappa shape index (κ2) is 7.25. The number of halogens is 3. The highest BCUT2D eigenvalue weighted by atomic mass is 79.9. The van der Waals surface area contributed by atoms with Crippen LogP contribution in [0.25, 0.3) is 0 Å². The van der Waals surface area contributed by atoms with E-state index < -0.39 is 0 Å². The maximum atomic E-state index is 12.1. The van der Waals surface area contributed by atoms with Gasteiger partial charge in [-0.3, -0.25) is 4.79 Å². The van der Waals surface area contributed by atoms with E-state index in [4.69, 9.17) is 11.6 Å². The Kier molecular flexibility index (Phi) is 5.64. The van der Waals surface area contributed by atoms with Crippen molar-refractivity contribution in [2.24, 2.45) is 0 Å². The molecule has 20 heavy (non-hydrogen) atoms. The fourth-order valence-electron chi connectivity index (χ4n) is 1.70. The lowest BCUT2D eigenvalue weighted by Gasteiger charge is -2.08. The lowest BCUT2D eigenvalue weighted by Crippen LogP contribution is -2.23. The van der Waals surface area contributed by atoms with Crippen LogP contribution < -0.4 is 5.32 Å². The van der Waals surface area contributed by atoms with Gasteiger partial charge >= 0.3 is 0 Å². The number of carbonyl (C=O) groups is 1. The Hall–Kier alpha value is -0.840. The van der Waals surface area contributed by atoms with Gasteiger partial charge in [-0.25, -0.2) is 0 Å². The molecule has 1 amide bonds. The van der Waals surface area contributed by atoms with Gasteiger partial charge in [0.1, 0.15) is 0 Å². The molecule has 0 aliphatic heterocycles. The molecule has 0 aliphatic rings. The van der Waals surface area contributed by atoms with Crippen LogP contribution in [0.4, 0.5) is 0 Å². The molecule has 0 bridgehead atoms. The second-order valence-electron chi connectivity index (χ2n) is 4.26. The van der Waals surface area contributed by atoms with E-state index in [2.05, 4.69) is 37.2 Å². The number of rotatable bonds is 4. The Morgan fingerprint density at radius 2 is 1.75 bits per heavy atom. The zero-order chi connectivity index (χ0) is 14.5. The number of alkyl halides is 1. The summed E-state index contributed by atoms with van der Waals surface area (Å²) < 4.78 is 0.731. The average Bonchev–Trinajstić information content (AvgIpc) is 2.47.